The maximum atomic E-state index is 11.3. The quantitative estimate of drug-likeness (QED) is 0.711. The van der Waals surface area contributed by atoms with E-state index in [2.05, 4.69) is 31.7 Å². The number of hydrogen-bond donors (Lipinski definition) is 2. The Morgan fingerprint density at radius 2 is 1.84 bits per heavy atom. The van der Waals surface area contributed by atoms with Crippen LogP contribution in [0, 0.1) is 28.6 Å². The Hall–Kier alpha value is -1.13. The van der Waals surface area contributed by atoms with Crippen LogP contribution < -0.4 is 11.5 Å². The highest BCUT2D eigenvalue weighted by Crippen LogP contribution is 2.63. The van der Waals surface area contributed by atoms with Gasteiger partial charge in [0.25, 0.3) is 0 Å². The summed E-state index contributed by atoms with van der Waals surface area (Å²) in [5.41, 5.74) is 12.6. The summed E-state index contributed by atoms with van der Waals surface area (Å²) in [4.78, 5) is 13.0. The van der Waals surface area contributed by atoms with Crippen molar-refractivity contribution in [1.82, 2.24) is 4.90 Å². The number of fused-ring (bicyclic) bond motifs is 5. The Morgan fingerprint density at radius 1 is 1.16 bits per heavy atom. The molecule has 0 aromatic carbocycles. The Labute approximate surface area is 153 Å². The molecule has 4 N–H and O–H groups in total. The fourth-order valence-corrected chi connectivity index (χ4v) is 6.06. The van der Waals surface area contributed by atoms with Crippen molar-refractivity contribution in [2.24, 2.45) is 40.1 Å². The molecular formula is C21H37N3O. The van der Waals surface area contributed by atoms with Crippen molar-refractivity contribution in [1.29, 1.82) is 0 Å². The smallest absolute Gasteiger partial charge is 0.217 e. The number of nitrogens with two attached hydrogens (primary N) is 2. The molecule has 1 heterocycles. The average Bonchev–Trinajstić information content (AvgIpc) is 3.15. The van der Waals surface area contributed by atoms with E-state index in [9.17, 15) is 4.79 Å². The highest BCUT2D eigenvalue weighted by Gasteiger charge is 2.58. The molecule has 4 heteroatoms. The van der Waals surface area contributed by atoms with Gasteiger partial charge in [0.15, 0.2) is 0 Å². The fourth-order valence-electron chi connectivity index (χ4n) is 6.06. The van der Waals surface area contributed by atoms with Crippen molar-refractivity contribution in [3.63, 3.8) is 0 Å². The second-order valence-corrected chi connectivity index (χ2v) is 8.04. The first-order valence-electron chi connectivity index (χ1n) is 9.97. The van der Waals surface area contributed by atoms with Crippen LogP contribution in [0.4, 0.5) is 0 Å². The second kappa shape index (κ2) is 7.63. The van der Waals surface area contributed by atoms with Gasteiger partial charge in [-0.1, -0.05) is 39.8 Å². The Morgan fingerprint density at radius 3 is 2.48 bits per heavy atom. The Kier molecular flexibility index (Phi) is 6.16. The van der Waals surface area contributed by atoms with Crippen LogP contribution in [0.5, 0.6) is 0 Å². The lowest BCUT2D eigenvalue weighted by Gasteiger charge is -2.54. The van der Waals surface area contributed by atoms with Gasteiger partial charge >= 0.3 is 0 Å². The number of allylic oxidation sites excluding steroid dienone is 2. The molecule has 142 valence electrons. The van der Waals surface area contributed by atoms with Gasteiger partial charge in [0.2, 0.25) is 6.41 Å². The molecule has 3 aliphatic carbocycles. The lowest BCUT2D eigenvalue weighted by molar-refractivity contribution is -0.115. The molecule has 0 bridgehead atoms. The van der Waals surface area contributed by atoms with Crippen LogP contribution in [0.2, 0.25) is 0 Å². The first-order valence-corrected chi connectivity index (χ1v) is 9.97. The third-order valence-electron chi connectivity index (χ3n) is 7.39. The molecule has 4 nitrogen and oxygen atoms in total. The molecule has 4 aliphatic rings. The first kappa shape index (κ1) is 20.2. The molecule has 0 spiro atoms. The number of rotatable bonds is 1. The molecule has 0 aromatic rings. The molecule has 4 rings (SSSR count). The van der Waals surface area contributed by atoms with Crippen LogP contribution in [-0.2, 0) is 4.79 Å². The van der Waals surface area contributed by atoms with Crippen LogP contribution >= 0.6 is 0 Å². The van der Waals surface area contributed by atoms with Crippen molar-refractivity contribution in [3.8, 4) is 0 Å². The van der Waals surface area contributed by atoms with Gasteiger partial charge in [-0.25, -0.2) is 0 Å². The summed E-state index contributed by atoms with van der Waals surface area (Å²) in [6, 6.07) is 0.382. The Bertz CT molecular complexity index is 543. The molecule has 0 saturated heterocycles. The monoisotopic (exact) mass is 347 g/mol. The summed E-state index contributed by atoms with van der Waals surface area (Å²) >= 11 is 0. The Balaban J connectivity index is 0.000000528. The van der Waals surface area contributed by atoms with Crippen molar-refractivity contribution in [3.05, 3.63) is 24.0 Å². The minimum atomic E-state index is 0.0534. The molecule has 0 radical (unpaired) electrons. The van der Waals surface area contributed by atoms with Crippen LogP contribution in [0.15, 0.2) is 24.0 Å². The predicted molar refractivity (Wildman–Crippen MR) is 104 cm³/mol. The summed E-state index contributed by atoms with van der Waals surface area (Å²) in [6.07, 6.45) is 13.6. The second-order valence-electron chi connectivity index (χ2n) is 8.04. The van der Waals surface area contributed by atoms with E-state index in [1.54, 1.807) is 4.90 Å². The highest BCUT2D eigenvalue weighted by molar-refractivity contribution is 5.57. The van der Waals surface area contributed by atoms with Gasteiger partial charge in [-0.3, -0.25) is 9.69 Å². The van der Waals surface area contributed by atoms with E-state index < -0.39 is 0 Å². The van der Waals surface area contributed by atoms with Crippen LogP contribution in [-0.4, -0.2) is 24.4 Å². The zero-order valence-corrected chi connectivity index (χ0v) is 16.7. The number of carbonyl (C=O) groups is 1. The average molecular weight is 348 g/mol. The zero-order valence-electron chi connectivity index (χ0n) is 16.7. The summed E-state index contributed by atoms with van der Waals surface area (Å²) < 4.78 is 0. The molecule has 6 atom stereocenters. The van der Waals surface area contributed by atoms with Gasteiger partial charge in [0.1, 0.15) is 0 Å². The predicted octanol–water partition coefficient (Wildman–Crippen LogP) is 3.64. The van der Waals surface area contributed by atoms with Crippen molar-refractivity contribution in [2.75, 3.05) is 7.05 Å². The lowest BCUT2D eigenvalue weighted by Crippen LogP contribution is -2.51. The normalized spacial score (nSPS) is 43.5. The van der Waals surface area contributed by atoms with E-state index in [4.69, 9.17) is 5.73 Å². The number of nitrogens with zero attached hydrogens (tertiary/aromatic N) is 1. The van der Waals surface area contributed by atoms with E-state index in [-0.39, 0.29) is 5.41 Å². The minimum absolute atomic E-state index is 0.0534. The summed E-state index contributed by atoms with van der Waals surface area (Å²) in [5, 5.41) is 0. The van der Waals surface area contributed by atoms with Crippen molar-refractivity contribution < 1.29 is 4.79 Å². The van der Waals surface area contributed by atoms with Crippen molar-refractivity contribution >= 4 is 6.41 Å². The molecule has 1 amide bonds. The fraction of sp³-hybridized carbons (Fsp3) is 0.762. The maximum absolute atomic E-state index is 11.3. The number of carbonyl (C=O) groups excluding carboxylic acids is 1. The maximum Gasteiger partial charge on any atom is 0.217 e. The highest BCUT2D eigenvalue weighted by atomic mass is 16.1. The van der Waals surface area contributed by atoms with Crippen molar-refractivity contribution in [2.45, 2.75) is 65.8 Å². The van der Waals surface area contributed by atoms with Crippen LogP contribution in [0.3, 0.4) is 0 Å². The topological polar surface area (TPSA) is 72.3 Å². The first-order chi connectivity index (χ1) is 12.0. The molecule has 2 saturated carbocycles. The lowest BCUT2D eigenvalue weighted by atomic mass is 9.51. The third-order valence-corrected chi connectivity index (χ3v) is 7.39. The minimum Gasteiger partial charge on any atom is -0.333 e. The summed E-state index contributed by atoms with van der Waals surface area (Å²) in [7, 11) is 1.50. The standard InChI is InChI=1S/C18H26N2O.C2H6.CH5N/c1-17-8-7-14-12(13(17)4-5-15(17)19)3-6-16-18(14,2)9-10-20(16)11-21;2*1-2/h6,9-15H,3-5,7-8,19H2,1-2H3;1-2H3;2H2,1H3. The zero-order chi connectivity index (χ0) is 18.8. The molecule has 2 fully saturated rings. The third kappa shape index (κ3) is 2.87. The van der Waals surface area contributed by atoms with Crippen LogP contribution in [0.25, 0.3) is 0 Å². The largest absolute Gasteiger partial charge is 0.333 e. The van der Waals surface area contributed by atoms with E-state index in [1.807, 2.05) is 20.0 Å². The molecular weight excluding hydrogens is 310 g/mol. The number of amides is 1. The molecule has 0 aromatic heterocycles. The van der Waals surface area contributed by atoms with E-state index >= 15 is 0 Å². The van der Waals surface area contributed by atoms with E-state index in [0.717, 1.165) is 24.7 Å². The SMILES string of the molecule is CC.CC12C=CN(C=O)C1=CCC1C2CCC2(C)C(N)CCC12.CN. The number of hydrogen-bond acceptors (Lipinski definition) is 3. The van der Waals surface area contributed by atoms with E-state index in [0.29, 0.717) is 17.4 Å². The molecule has 1 aliphatic heterocycles. The van der Waals surface area contributed by atoms with E-state index in [1.165, 1.54) is 38.4 Å². The summed E-state index contributed by atoms with van der Waals surface area (Å²) in [5.74, 6) is 2.17. The van der Waals surface area contributed by atoms with Crippen LogP contribution in [0.1, 0.15) is 59.8 Å². The summed E-state index contributed by atoms with van der Waals surface area (Å²) in [6.45, 7) is 8.75. The molecule has 25 heavy (non-hydrogen) atoms. The van der Waals surface area contributed by atoms with Gasteiger partial charge in [-0.15, -0.1) is 0 Å². The van der Waals surface area contributed by atoms with Gasteiger partial charge in [-0.05, 0) is 62.3 Å². The van der Waals surface area contributed by atoms with Gasteiger partial charge in [0.05, 0.1) is 0 Å². The van der Waals surface area contributed by atoms with Gasteiger partial charge in [0, 0.05) is 23.4 Å². The van der Waals surface area contributed by atoms with Gasteiger partial charge < -0.3 is 11.5 Å². The molecule has 6 unspecified atom stereocenters. The van der Waals surface area contributed by atoms with Gasteiger partial charge in [-0.2, -0.15) is 0 Å².